The van der Waals surface area contributed by atoms with E-state index in [1.807, 2.05) is 0 Å². The molecule has 0 aliphatic carbocycles. The van der Waals surface area contributed by atoms with Crippen LogP contribution >= 0.6 is 0 Å². The predicted molar refractivity (Wildman–Crippen MR) is 145 cm³/mol. The van der Waals surface area contributed by atoms with Crippen LogP contribution in [0, 0.1) is 17.8 Å². The number of rotatable bonds is 12. The SMILES string of the molecule is CC(C)COc1ccc([As](c2ccc(OCC(C)C)cc2)c2ccc(OCC(C)C)cc2)cc1. The van der Waals surface area contributed by atoms with Crippen LogP contribution in [-0.4, -0.2) is 34.5 Å². The van der Waals surface area contributed by atoms with E-state index in [2.05, 4.69) is 114 Å². The summed E-state index contributed by atoms with van der Waals surface area (Å²) in [6.45, 7) is 15.2. The standard InChI is InChI=1S/C30H39AsO3/c1-22(2)19-32-28-13-7-25(8-14-28)31(26-9-15-29(16-10-26)33-20-23(3)4)27-11-17-30(18-12-27)34-21-24(5)6/h7-18,22-24H,19-21H2,1-6H3. The fraction of sp³-hybridized carbons (Fsp3) is 0.400. The second kappa shape index (κ2) is 12.9. The first kappa shape index (κ1) is 26.2. The van der Waals surface area contributed by atoms with Gasteiger partial charge in [0.05, 0.1) is 0 Å². The molecule has 0 fully saturated rings. The van der Waals surface area contributed by atoms with E-state index in [1.54, 1.807) is 0 Å². The monoisotopic (exact) mass is 522 g/mol. The molecule has 0 amide bonds. The first-order valence-electron chi connectivity index (χ1n) is 12.3. The minimum atomic E-state index is -1.74. The summed E-state index contributed by atoms with van der Waals surface area (Å²) in [5.74, 6) is 4.32. The van der Waals surface area contributed by atoms with Crippen LogP contribution in [-0.2, 0) is 0 Å². The van der Waals surface area contributed by atoms with Crippen LogP contribution < -0.4 is 27.3 Å². The van der Waals surface area contributed by atoms with Crippen molar-refractivity contribution in [1.82, 2.24) is 0 Å². The van der Waals surface area contributed by atoms with E-state index in [9.17, 15) is 0 Å². The Hall–Kier alpha value is -2.38. The van der Waals surface area contributed by atoms with E-state index in [0.29, 0.717) is 17.8 Å². The van der Waals surface area contributed by atoms with Gasteiger partial charge in [0.25, 0.3) is 0 Å². The molecule has 0 saturated heterocycles. The normalized spacial score (nSPS) is 11.5. The van der Waals surface area contributed by atoms with Crippen LogP contribution in [0.25, 0.3) is 0 Å². The molecule has 0 radical (unpaired) electrons. The molecule has 0 spiro atoms. The minimum absolute atomic E-state index is 0.509. The van der Waals surface area contributed by atoms with Gasteiger partial charge in [-0.25, -0.2) is 0 Å². The summed E-state index contributed by atoms with van der Waals surface area (Å²) in [4.78, 5) is 0. The summed E-state index contributed by atoms with van der Waals surface area (Å²) >= 11 is -1.74. The molecule has 3 rings (SSSR count). The summed E-state index contributed by atoms with van der Waals surface area (Å²) in [5.41, 5.74) is 0. The summed E-state index contributed by atoms with van der Waals surface area (Å²) < 4.78 is 21.9. The van der Waals surface area contributed by atoms with E-state index in [-0.39, 0.29) is 0 Å². The van der Waals surface area contributed by atoms with Crippen molar-refractivity contribution in [2.45, 2.75) is 41.5 Å². The van der Waals surface area contributed by atoms with E-state index in [4.69, 9.17) is 14.2 Å². The van der Waals surface area contributed by atoms with Crippen LogP contribution in [0.4, 0.5) is 0 Å². The summed E-state index contributed by atoms with van der Waals surface area (Å²) in [5, 5.41) is 0. The third-order valence-electron chi connectivity index (χ3n) is 5.03. The Morgan fingerprint density at radius 1 is 0.441 bits per heavy atom. The first-order chi connectivity index (χ1) is 16.3. The van der Waals surface area contributed by atoms with E-state index in [1.165, 1.54) is 13.1 Å². The van der Waals surface area contributed by atoms with E-state index < -0.39 is 14.7 Å². The van der Waals surface area contributed by atoms with Crippen molar-refractivity contribution < 1.29 is 14.2 Å². The van der Waals surface area contributed by atoms with Gasteiger partial charge in [0.15, 0.2) is 0 Å². The van der Waals surface area contributed by atoms with Crippen LogP contribution in [0.5, 0.6) is 17.2 Å². The average Bonchev–Trinajstić information content (AvgIpc) is 2.82. The molecule has 4 heteroatoms. The molecule has 0 aliphatic heterocycles. The molecule has 0 aliphatic rings. The molecular weight excluding hydrogens is 483 g/mol. The molecule has 3 nitrogen and oxygen atoms in total. The first-order valence-corrected chi connectivity index (χ1v) is 15.1. The van der Waals surface area contributed by atoms with Gasteiger partial charge in [-0.1, -0.05) is 0 Å². The van der Waals surface area contributed by atoms with Gasteiger partial charge in [-0.05, 0) is 0 Å². The van der Waals surface area contributed by atoms with Gasteiger partial charge >= 0.3 is 211 Å². The fourth-order valence-corrected chi connectivity index (χ4v) is 8.00. The van der Waals surface area contributed by atoms with Gasteiger partial charge in [0.1, 0.15) is 0 Å². The Balaban J connectivity index is 1.87. The van der Waals surface area contributed by atoms with Gasteiger partial charge in [-0.3, -0.25) is 0 Å². The van der Waals surface area contributed by atoms with Crippen molar-refractivity contribution in [3.8, 4) is 17.2 Å². The van der Waals surface area contributed by atoms with Crippen LogP contribution in [0.3, 0.4) is 0 Å². The molecule has 0 aromatic heterocycles. The van der Waals surface area contributed by atoms with Crippen molar-refractivity contribution in [3.63, 3.8) is 0 Å². The molecule has 0 saturated carbocycles. The third kappa shape index (κ3) is 8.13. The molecule has 0 atom stereocenters. The Morgan fingerprint density at radius 3 is 0.882 bits per heavy atom. The van der Waals surface area contributed by atoms with E-state index in [0.717, 1.165) is 37.1 Å². The second-order valence-electron chi connectivity index (χ2n) is 9.93. The van der Waals surface area contributed by atoms with Gasteiger partial charge in [0.2, 0.25) is 0 Å². The van der Waals surface area contributed by atoms with Crippen LogP contribution in [0.1, 0.15) is 41.5 Å². The molecule has 3 aromatic rings. The molecular formula is C30H39AsO3. The molecule has 182 valence electrons. The van der Waals surface area contributed by atoms with Crippen molar-refractivity contribution in [2.24, 2.45) is 17.8 Å². The molecule has 3 aromatic carbocycles. The van der Waals surface area contributed by atoms with Crippen LogP contribution in [0.15, 0.2) is 72.8 Å². The summed E-state index contributed by atoms with van der Waals surface area (Å²) in [6, 6.07) is 26.1. The van der Waals surface area contributed by atoms with Gasteiger partial charge in [-0.15, -0.1) is 0 Å². The summed E-state index contributed by atoms with van der Waals surface area (Å²) in [6.07, 6.45) is 0. The van der Waals surface area contributed by atoms with Gasteiger partial charge < -0.3 is 0 Å². The number of benzene rings is 3. The molecule has 0 N–H and O–H groups in total. The summed E-state index contributed by atoms with van der Waals surface area (Å²) in [7, 11) is 0. The fourth-order valence-electron chi connectivity index (χ4n) is 3.31. The second-order valence-corrected chi connectivity index (χ2v) is 14.6. The number of ether oxygens (including phenoxy) is 3. The van der Waals surface area contributed by atoms with Gasteiger partial charge in [0, 0.05) is 0 Å². The molecule has 0 unspecified atom stereocenters. The zero-order valence-electron chi connectivity index (χ0n) is 21.5. The topological polar surface area (TPSA) is 27.7 Å². The van der Waals surface area contributed by atoms with Crippen molar-refractivity contribution >= 4 is 27.7 Å². The third-order valence-corrected chi connectivity index (χ3v) is 10.2. The molecule has 0 heterocycles. The Bertz CT molecular complexity index is 845. The van der Waals surface area contributed by atoms with Gasteiger partial charge in [-0.2, -0.15) is 0 Å². The van der Waals surface area contributed by atoms with Crippen molar-refractivity contribution in [3.05, 3.63) is 72.8 Å². The number of hydrogen-bond acceptors (Lipinski definition) is 3. The molecule has 0 bridgehead atoms. The Morgan fingerprint density at radius 2 is 0.676 bits per heavy atom. The average molecular weight is 523 g/mol. The number of hydrogen-bond donors (Lipinski definition) is 0. The van der Waals surface area contributed by atoms with Crippen LogP contribution in [0.2, 0.25) is 0 Å². The Labute approximate surface area is 210 Å². The maximum absolute atomic E-state index is 5.92. The quantitative estimate of drug-likeness (QED) is 0.302. The zero-order chi connectivity index (χ0) is 24.5. The predicted octanol–water partition coefficient (Wildman–Crippen LogP) is 5.31. The molecule has 34 heavy (non-hydrogen) atoms. The van der Waals surface area contributed by atoms with E-state index >= 15 is 0 Å². The zero-order valence-corrected chi connectivity index (χ0v) is 23.3. The van der Waals surface area contributed by atoms with Crippen molar-refractivity contribution in [1.29, 1.82) is 0 Å². The Kier molecular flexibility index (Phi) is 9.96. The van der Waals surface area contributed by atoms with Crippen molar-refractivity contribution in [2.75, 3.05) is 19.8 Å². The maximum atomic E-state index is 5.92.